The quantitative estimate of drug-likeness (QED) is 0.287. The molecule has 0 spiro atoms. The van der Waals surface area contributed by atoms with E-state index in [1.165, 1.54) is 0 Å². The fourth-order valence-electron chi connectivity index (χ4n) is 1.28. The minimum atomic E-state index is -0.537. The molecule has 4 N–H and O–H groups in total. The molecular formula is C11H23N3O2. The van der Waals surface area contributed by atoms with Crippen molar-refractivity contribution in [3.8, 4) is 0 Å². The Hall–Kier alpha value is -1.26. The molecule has 16 heavy (non-hydrogen) atoms. The van der Waals surface area contributed by atoms with Crippen LogP contribution in [0.15, 0.2) is 5.16 Å². The lowest BCUT2D eigenvalue weighted by Crippen LogP contribution is -2.39. The normalized spacial score (nSPS) is 14.6. The van der Waals surface area contributed by atoms with Crippen LogP contribution in [-0.4, -0.2) is 23.5 Å². The third-order valence-corrected chi connectivity index (χ3v) is 2.37. The van der Waals surface area contributed by atoms with Crippen molar-refractivity contribution in [1.82, 2.24) is 5.32 Å². The molecule has 0 aliphatic heterocycles. The topological polar surface area (TPSA) is 87.7 Å². The summed E-state index contributed by atoms with van der Waals surface area (Å²) in [6.07, 6.45) is 1.42. The Kier molecular flexibility index (Phi) is 5.85. The predicted octanol–water partition coefficient (Wildman–Crippen LogP) is 1.31. The van der Waals surface area contributed by atoms with Gasteiger partial charge >= 0.3 is 0 Å². The number of carbonyl (C=O) groups is 1. The first-order valence-corrected chi connectivity index (χ1v) is 5.57. The Morgan fingerprint density at radius 3 is 2.44 bits per heavy atom. The summed E-state index contributed by atoms with van der Waals surface area (Å²) in [5, 5.41) is 14.2. The number of amidine groups is 1. The number of carbonyl (C=O) groups excluding carboxylic acids is 1. The smallest absolute Gasteiger partial charge is 0.230 e. The molecule has 0 saturated heterocycles. The zero-order chi connectivity index (χ0) is 12.8. The molecule has 0 heterocycles. The van der Waals surface area contributed by atoms with Crippen molar-refractivity contribution in [2.24, 2.45) is 22.2 Å². The van der Waals surface area contributed by atoms with E-state index >= 15 is 0 Å². The van der Waals surface area contributed by atoms with E-state index in [1.807, 2.05) is 6.92 Å². The highest BCUT2D eigenvalue weighted by molar-refractivity contribution is 6.01. The number of hydrogen-bond donors (Lipinski definition) is 3. The molecule has 0 aliphatic rings. The molecule has 94 valence electrons. The molecule has 0 saturated carbocycles. The molecule has 0 bridgehead atoms. The first-order valence-electron chi connectivity index (χ1n) is 5.57. The summed E-state index contributed by atoms with van der Waals surface area (Å²) >= 11 is 0. The second-order valence-corrected chi connectivity index (χ2v) is 5.09. The Morgan fingerprint density at radius 1 is 1.50 bits per heavy atom. The molecule has 0 aromatic rings. The molecule has 5 nitrogen and oxygen atoms in total. The van der Waals surface area contributed by atoms with Gasteiger partial charge in [0, 0.05) is 6.54 Å². The Bertz CT molecular complexity index is 256. The molecule has 5 heteroatoms. The van der Waals surface area contributed by atoms with Crippen LogP contribution < -0.4 is 11.1 Å². The van der Waals surface area contributed by atoms with E-state index in [9.17, 15) is 4.79 Å². The van der Waals surface area contributed by atoms with Crippen molar-refractivity contribution in [2.45, 2.75) is 40.5 Å². The van der Waals surface area contributed by atoms with Crippen molar-refractivity contribution in [2.75, 3.05) is 6.54 Å². The van der Waals surface area contributed by atoms with Gasteiger partial charge in [0.25, 0.3) is 0 Å². The van der Waals surface area contributed by atoms with Crippen molar-refractivity contribution in [1.29, 1.82) is 0 Å². The zero-order valence-electron chi connectivity index (χ0n) is 10.6. The lowest BCUT2D eigenvalue weighted by atomic mass is 9.92. The van der Waals surface area contributed by atoms with Gasteiger partial charge in [0.15, 0.2) is 5.84 Å². The monoisotopic (exact) mass is 229 g/mol. The van der Waals surface area contributed by atoms with Crippen LogP contribution in [0.2, 0.25) is 0 Å². The highest BCUT2D eigenvalue weighted by Crippen LogP contribution is 2.17. The molecule has 1 unspecified atom stereocenters. The highest BCUT2D eigenvalue weighted by atomic mass is 16.4. The fourth-order valence-corrected chi connectivity index (χ4v) is 1.28. The van der Waals surface area contributed by atoms with Gasteiger partial charge in [-0.1, -0.05) is 32.9 Å². The van der Waals surface area contributed by atoms with Gasteiger partial charge in [-0.15, -0.1) is 0 Å². The Labute approximate surface area is 97.1 Å². The van der Waals surface area contributed by atoms with E-state index < -0.39 is 5.92 Å². The molecular weight excluding hydrogens is 206 g/mol. The van der Waals surface area contributed by atoms with Gasteiger partial charge in [0.1, 0.15) is 0 Å². The van der Waals surface area contributed by atoms with Gasteiger partial charge in [0.2, 0.25) is 5.91 Å². The van der Waals surface area contributed by atoms with Crippen LogP contribution >= 0.6 is 0 Å². The van der Waals surface area contributed by atoms with Gasteiger partial charge < -0.3 is 16.3 Å². The minimum absolute atomic E-state index is 0.0317. The van der Waals surface area contributed by atoms with Crippen LogP contribution in [0.25, 0.3) is 0 Å². The van der Waals surface area contributed by atoms with Gasteiger partial charge in [-0.25, -0.2) is 0 Å². The summed E-state index contributed by atoms with van der Waals surface area (Å²) in [4.78, 5) is 11.7. The molecule has 1 atom stereocenters. The predicted molar refractivity (Wildman–Crippen MR) is 64.3 cm³/mol. The summed E-state index contributed by atoms with van der Waals surface area (Å²) in [5.41, 5.74) is 5.61. The van der Waals surface area contributed by atoms with E-state index in [0.29, 0.717) is 13.0 Å². The number of hydrogen-bond acceptors (Lipinski definition) is 3. The lowest BCUT2D eigenvalue weighted by molar-refractivity contribution is -0.123. The van der Waals surface area contributed by atoms with Crippen LogP contribution in [-0.2, 0) is 4.79 Å². The third kappa shape index (κ3) is 5.58. The molecule has 0 aromatic carbocycles. The SMILES string of the molecule is CCC(C(=O)NCCC(C)(C)C)C(N)=NO. The number of nitrogens with two attached hydrogens (primary N) is 1. The number of nitrogens with one attached hydrogen (secondary N) is 1. The van der Waals surface area contributed by atoms with Crippen LogP contribution in [0.3, 0.4) is 0 Å². The Morgan fingerprint density at radius 2 is 2.06 bits per heavy atom. The maximum Gasteiger partial charge on any atom is 0.230 e. The van der Waals surface area contributed by atoms with Gasteiger partial charge in [0.05, 0.1) is 5.92 Å². The molecule has 0 aliphatic carbocycles. The summed E-state index contributed by atoms with van der Waals surface area (Å²) in [7, 11) is 0. The van der Waals surface area contributed by atoms with E-state index in [1.54, 1.807) is 0 Å². The van der Waals surface area contributed by atoms with E-state index in [4.69, 9.17) is 10.9 Å². The minimum Gasteiger partial charge on any atom is -0.409 e. The second kappa shape index (κ2) is 6.35. The Balaban J connectivity index is 4.14. The van der Waals surface area contributed by atoms with Crippen molar-refractivity contribution in [3.05, 3.63) is 0 Å². The number of nitrogens with zero attached hydrogens (tertiary/aromatic N) is 1. The number of rotatable bonds is 5. The van der Waals surface area contributed by atoms with Crippen LogP contribution in [0.4, 0.5) is 0 Å². The third-order valence-electron chi connectivity index (χ3n) is 2.37. The summed E-state index contributed by atoms with van der Waals surface area (Å²) < 4.78 is 0. The average Bonchev–Trinajstić information content (AvgIpc) is 2.16. The van der Waals surface area contributed by atoms with E-state index in [-0.39, 0.29) is 17.2 Å². The van der Waals surface area contributed by atoms with Gasteiger partial charge in [-0.05, 0) is 18.3 Å². The van der Waals surface area contributed by atoms with Crippen LogP contribution in [0.1, 0.15) is 40.5 Å². The van der Waals surface area contributed by atoms with Crippen molar-refractivity contribution < 1.29 is 10.0 Å². The van der Waals surface area contributed by atoms with Crippen LogP contribution in [0, 0.1) is 11.3 Å². The fraction of sp³-hybridized carbons (Fsp3) is 0.818. The summed E-state index contributed by atoms with van der Waals surface area (Å²) in [5.74, 6) is -0.747. The van der Waals surface area contributed by atoms with Gasteiger partial charge in [-0.3, -0.25) is 4.79 Å². The highest BCUT2D eigenvalue weighted by Gasteiger charge is 2.21. The molecule has 0 radical (unpaired) electrons. The summed E-state index contributed by atoms with van der Waals surface area (Å²) in [6.45, 7) is 8.77. The maximum atomic E-state index is 11.7. The van der Waals surface area contributed by atoms with Crippen molar-refractivity contribution in [3.63, 3.8) is 0 Å². The first kappa shape index (κ1) is 14.7. The zero-order valence-corrected chi connectivity index (χ0v) is 10.6. The van der Waals surface area contributed by atoms with Crippen molar-refractivity contribution >= 4 is 11.7 Å². The second-order valence-electron chi connectivity index (χ2n) is 5.09. The number of amides is 1. The van der Waals surface area contributed by atoms with Crippen LogP contribution in [0.5, 0.6) is 0 Å². The molecule has 0 rings (SSSR count). The molecule has 0 fully saturated rings. The summed E-state index contributed by atoms with van der Waals surface area (Å²) in [6, 6.07) is 0. The molecule has 0 aromatic heterocycles. The maximum absolute atomic E-state index is 11.7. The number of oxime groups is 1. The first-order chi connectivity index (χ1) is 7.31. The van der Waals surface area contributed by atoms with E-state index in [0.717, 1.165) is 6.42 Å². The largest absolute Gasteiger partial charge is 0.409 e. The lowest BCUT2D eigenvalue weighted by Gasteiger charge is -2.19. The standard InChI is InChI=1S/C11H23N3O2/c1-5-8(9(12)14-16)10(15)13-7-6-11(2,3)4/h8,16H,5-7H2,1-4H3,(H2,12,14)(H,13,15). The van der Waals surface area contributed by atoms with E-state index in [2.05, 4.69) is 31.2 Å². The molecule has 1 amide bonds. The van der Waals surface area contributed by atoms with Gasteiger partial charge in [-0.2, -0.15) is 0 Å². The average molecular weight is 229 g/mol.